The summed E-state index contributed by atoms with van der Waals surface area (Å²) in [7, 11) is 0. The Balaban J connectivity index is 2.30. The molecule has 0 atom stereocenters. The molecule has 20 heavy (non-hydrogen) atoms. The lowest BCUT2D eigenvalue weighted by Crippen LogP contribution is -2.43. The number of halogens is 4. The molecule has 1 aliphatic heterocycles. The predicted octanol–water partition coefficient (Wildman–Crippen LogP) is 3.03. The van der Waals surface area contributed by atoms with Crippen LogP contribution in [0.25, 0.3) is 0 Å². The van der Waals surface area contributed by atoms with Crippen LogP contribution in [0.4, 0.5) is 13.2 Å². The smallest absolute Gasteiger partial charge is 0.339 e. The second-order valence-electron chi connectivity index (χ2n) is 4.82. The maximum Gasteiger partial charge on any atom is 0.417 e. The number of carbonyl (C=O) groups is 1. The van der Waals surface area contributed by atoms with E-state index in [4.69, 9.17) is 5.73 Å². The molecule has 110 valence electrons. The molecule has 0 saturated carbocycles. The Kier molecular flexibility index (Phi) is 4.39. The van der Waals surface area contributed by atoms with Crippen molar-refractivity contribution in [2.45, 2.75) is 25.1 Å². The zero-order valence-electron chi connectivity index (χ0n) is 10.6. The Hall–Kier alpha value is -1.08. The largest absolute Gasteiger partial charge is 0.417 e. The normalized spacial score (nSPS) is 17.4. The molecule has 3 nitrogen and oxygen atoms in total. The number of nitrogens with zero attached hydrogens (tertiary/aromatic N) is 1. The number of rotatable bonds is 1. The second-order valence-corrected chi connectivity index (χ2v) is 5.73. The molecule has 1 aromatic rings. The first-order chi connectivity index (χ1) is 9.29. The number of piperidine rings is 1. The fraction of sp³-hybridized carbons (Fsp3) is 0.462. The third kappa shape index (κ3) is 3.32. The summed E-state index contributed by atoms with van der Waals surface area (Å²) in [5.41, 5.74) is 4.51. The number of benzene rings is 1. The highest BCUT2D eigenvalue weighted by Crippen LogP contribution is 2.34. The number of hydrogen-bond donors (Lipinski definition) is 1. The van der Waals surface area contributed by atoms with Crippen molar-refractivity contribution in [3.8, 4) is 0 Å². The van der Waals surface area contributed by atoms with E-state index in [1.54, 1.807) is 0 Å². The Labute approximate surface area is 123 Å². The minimum atomic E-state index is -4.55. The summed E-state index contributed by atoms with van der Waals surface area (Å²) in [4.78, 5) is 13.7. The van der Waals surface area contributed by atoms with Gasteiger partial charge in [0.05, 0.1) is 11.1 Å². The highest BCUT2D eigenvalue weighted by molar-refractivity contribution is 9.10. The van der Waals surface area contributed by atoms with Crippen LogP contribution in [0.1, 0.15) is 28.8 Å². The summed E-state index contributed by atoms with van der Waals surface area (Å²) in [6, 6.07) is 3.61. The number of nitrogens with two attached hydrogens (primary N) is 1. The van der Waals surface area contributed by atoms with Crippen molar-refractivity contribution >= 4 is 21.8 Å². The summed E-state index contributed by atoms with van der Waals surface area (Å²) in [6.45, 7) is 0.792. The molecule has 1 fully saturated rings. The summed E-state index contributed by atoms with van der Waals surface area (Å²) in [5, 5.41) is 0. The van der Waals surface area contributed by atoms with Crippen molar-refractivity contribution in [1.82, 2.24) is 4.90 Å². The van der Waals surface area contributed by atoms with E-state index in [2.05, 4.69) is 15.9 Å². The van der Waals surface area contributed by atoms with Crippen molar-refractivity contribution in [1.29, 1.82) is 0 Å². The first-order valence-corrected chi connectivity index (χ1v) is 7.00. The van der Waals surface area contributed by atoms with E-state index in [0.717, 1.165) is 6.07 Å². The van der Waals surface area contributed by atoms with Crippen LogP contribution in [0.3, 0.4) is 0 Å². The van der Waals surface area contributed by atoms with Crippen LogP contribution < -0.4 is 5.73 Å². The average Bonchev–Trinajstić information content (AvgIpc) is 2.38. The third-order valence-electron chi connectivity index (χ3n) is 3.34. The summed E-state index contributed by atoms with van der Waals surface area (Å²) in [5.74, 6) is -0.586. The molecule has 1 heterocycles. The Bertz CT molecular complexity index is 511. The molecule has 1 amide bonds. The zero-order valence-corrected chi connectivity index (χ0v) is 12.2. The van der Waals surface area contributed by atoms with E-state index >= 15 is 0 Å². The third-order valence-corrected chi connectivity index (χ3v) is 3.84. The molecule has 0 aliphatic carbocycles. The summed E-state index contributed by atoms with van der Waals surface area (Å²) in [6.07, 6.45) is -3.33. The van der Waals surface area contributed by atoms with Gasteiger partial charge in [0.2, 0.25) is 0 Å². The van der Waals surface area contributed by atoms with Gasteiger partial charge in [0, 0.05) is 23.6 Å². The molecular weight excluding hydrogens is 337 g/mol. The van der Waals surface area contributed by atoms with Gasteiger partial charge in [0.15, 0.2) is 0 Å². The quantitative estimate of drug-likeness (QED) is 0.846. The number of likely N-dealkylation sites (tertiary alicyclic amines) is 1. The summed E-state index contributed by atoms with van der Waals surface area (Å²) >= 11 is 3.00. The molecule has 0 radical (unpaired) electrons. The molecule has 2 rings (SSSR count). The molecule has 1 aromatic carbocycles. The van der Waals surface area contributed by atoms with Gasteiger partial charge in [-0.1, -0.05) is 15.9 Å². The number of hydrogen-bond acceptors (Lipinski definition) is 2. The Morgan fingerprint density at radius 1 is 1.30 bits per heavy atom. The molecule has 0 aromatic heterocycles. The Morgan fingerprint density at radius 2 is 1.90 bits per heavy atom. The van der Waals surface area contributed by atoms with Crippen molar-refractivity contribution in [3.63, 3.8) is 0 Å². The highest BCUT2D eigenvalue weighted by atomic mass is 79.9. The van der Waals surface area contributed by atoms with Gasteiger partial charge in [-0.25, -0.2) is 0 Å². The van der Waals surface area contributed by atoms with Crippen LogP contribution in [-0.4, -0.2) is 29.9 Å². The van der Waals surface area contributed by atoms with Gasteiger partial charge in [-0.3, -0.25) is 4.79 Å². The van der Waals surface area contributed by atoms with Crippen LogP contribution in [-0.2, 0) is 6.18 Å². The topological polar surface area (TPSA) is 46.3 Å². The minimum Gasteiger partial charge on any atom is -0.339 e. The van der Waals surface area contributed by atoms with Crippen LogP contribution in [0.2, 0.25) is 0 Å². The molecular formula is C13H14BrF3N2O. The van der Waals surface area contributed by atoms with E-state index in [1.807, 2.05) is 0 Å². The molecule has 0 spiro atoms. The molecule has 0 bridgehead atoms. The SMILES string of the molecule is NC1CCN(C(=O)c2ccc(Br)cc2C(F)(F)F)CC1. The van der Waals surface area contributed by atoms with Gasteiger partial charge >= 0.3 is 6.18 Å². The molecule has 2 N–H and O–H groups in total. The van der Waals surface area contributed by atoms with E-state index in [0.29, 0.717) is 30.4 Å². The lowest BCUT2D eigenvalue weighted by Gasteiger charge is -2.31. The van der Waals surface area contributed by atoms with E-state index < -0.39 is 17.6 Å². The van der Waals surface area contributed by atoms with Crippen molar-refractivity contribution in [3.05, 3.63) is 33.8 Å². The monoisotopic (exact) mass is 350 g/mol. The molecule has 7 heteroatoms. The first-order valence-electron chi connectivity index (χ1n) is 6.20. The zero-order chi connectivity index (χ0) is 14.9. The lowest BCUT2D eigenvalue weighted by molar-refractivity contribution is -0.138. The predicted molar refractivity (Wildman–Crippen MR) is 72.3 cm³/mol. The van der Waals surface area contributed by atoms with Crippen LogP contribution in [0.5, 0.6) is 0 Å². The van der Waals surface area contributed by atoms with Crippen LogP contribution in [0.15, 0.2) is 22.7 Å². The van der Waals surface area contributed by atoms with Crippen molar-refractivity contribution < 1.29 is 18.0 Å². The van der Waals surface area contributed by atoms with Crippen molar-refractivity contribution in [2.24, 2.45) is 5.73 Å². The average molecular weight is 351 g/mol. The van der Waals surface area contributed by atoms with Gasteiger partial charge in [-0.05, 0) is 31.0 Å². The van der Waals surface area contributed by atoms with Gasteiger partial charge in [0.25, 0.3) is 5.91 Å². The van der Waals surface area contributed by atoms with Crippen molar-refractivity contribution in [2.75, 3.05) is 13.1 Å². The maximum atomic E-state index is 13.0. The van der Waals surface area contributed by atoms with Gasteiger partial charge in [-0.15, -0.1) is 0 Å². The van der Waals surface area contributed by atoms with Crippen LogP contribution >= 0.6 is 15.9 Å². The second kappa shape index (κ2) is 5.73. The van der Waals surface area contributed by atoms with Gasteiger partial charge < -0.3 is 10.6 Å². The number of alkyl halides is 3. The standard InChI is InChI=1S/C13H14BrF3N2O/c14-8-1-2-10(11(7-8)13(15,16)17)12(20)19-5-3-9(18)4-6-19/h1-2,7,9H,3-6,18H2. The fourth-order valence-electron chi connectivity index (χ4n) is 2.21. The molecule has 1 saturated heterocycles. The van der Waals surface area contributed by atoms with Gasteiger partial charge in [-0.2, -0.15) is 13.2 Å². The van der Waals surface area contributed by atoms with Gasteiger partial charge in [0.1, 0.15) is 0 Å². The molecule has 1 aliphatic rings. The number of amides is 1. The van der Waals surface area contributed by atoms with E-state index in [-0.39, 0.29) is 11.6 Å². The number of carbonyl (C=O) groups excluding carboxylic acids is 1. The van der Waals surface area contributed by atoms with Crippen LogP contribution in [0, 0.1) is 0 Å². The minimum absolute atomic E-state index is 0.0195. The van der Waals surface area contributed by atoms with E-state index in [9.17, 15) is 18.0 Å². The Morgan fingerprint density at radius 3 is 2.45 bits per heavy atom. The highest BCUT2D eigenvalue weighted by Gasteiger charge is 2.36. The lowest BCUT2D eigenvalue weighted by atomic mass is 10.0. The maximum absolute atomic E-state index is 13.0. The molecule has 0 unspecified atom stereocenters. The first kappa shape index (κ1) is 15.3. The fourth-order valence-corrected chi connectivity index (χ4v) is 2.57. The van der Waals surface area contributed by atoms with E-state index in [1.165, 1.54) is 17.0 Å². The summed E-state index contributed by atoms with van der Waals surface area (Å²) < 4.78 is 39.3.